The molecule has 0 aliphatic heterocycles. The lowest BCUT2D eigenvalue weighted by atomic mass is 9.42. The minimum Gasteiger partial charge on any atom is -0.461 e. The normalized spacial score (nSPS) is 45.2. The Bertz CT molecular complexity index is 834. The lowest BCUT2D eigenvalue weighted by molar-refractivity contribution is -0.213. The third-order valence-corrected chi connectivity index (χ3v) is 11.0. The van der Waals surface area contributed by atoms with Crippen LogP contribution in [0.5, 0.6) is 0 Å². The maximum Gasteiger partial charge on any atom is 0.302 e. The van der Waals surface area contributed by atoms with Gasteiger partial charge < -0.3 is 14.9 Å². The zero-order chi connectivity index (χ0) is 24.9. The first-order valence-electron chi connectivity index (χ1n) is 13.6. The highest BCUT2D eigenvalue weighted by Gasteiger charge is 2.67. The van der Waals surface area contributed by atoms with Crippen LogP contribution in [0, 0.1) is 40.4 Å². The number of allylic oxidation sites excluding steroid dienone is 1. The van der Waals surface area contributed by atoms with E-state index in [1.165, 1.54) is 26.2 Å². The van der Waals surface area contributed by atoms with Crippen molar-refractivity contribution in [1.29, 1.82) is 0 Å². The van der Waals surface area contributed by atoms with Crippen LogP contribution in [0.25, 0.3) is 0 Å². The van der Waals surface area contributed by atoms with Crippen LogP contribution in [0.4, 0.5) is 0 Å². The number of rotatable bonds is 6. The first-order valence-corrected chi connectivity index (χ1v) is 13.6. The number of fused-ring (bicyclic) bond motifs is 5. The standard InChI is InChI=1S/C29H46O5/c1-18(17-34-20(3)30)7-6-8-19(2)23-9-10-24-22-15-26(32)29(33)16-21(31)11-14-28(29,5)25(22)12-13-27(23,24)4/h7,19,21-25,31,33H,6,8-17H2,1-5H3/b18-7-/t19-,21+,22+,23-,24+,25+,27-,28-,29+/m1/s1. The summed E-state index contributed by atoms with van der Waals surface area (Å²) in [7, 11) is 0. The molecule has 4 aliphatic rings. The number of carbonyl (C=O) groups excluding carboxylic acids is 2. The molecule has 5 heteroatoms. The number of ketones is 1. The van der Waals surface area contributed by atoms with Crippen molar-refractivity contribution in [1.82, 2.24) is 0 Å². The molecule has 192 valence electrons. The number of Topliss-reactive ketones (excluding diaryl/α,β-unsaturated/α-hetero) is 1. The minimum atomic E-state index is -1.35. The Hall–Kier alpha value is -1.20. The highest BCUT2D eigenvalue weighted by Crippen LogP contribution is 2.68. The zero-order valence-electron chi connectivity index (χ0n) is 21.9. The minimum absolute atomic E-state index is 0.0101. The van der Waals surface area contributed by atoms with E-state index >= 15 is 0 Å². The molecule has 4 rings (SSSR count). The molecule has 0 heterocycles. The van der Waals surface area contributed by atoms with Gasteiger partial charge in [0.2, 0.25) is 0 Å². The Balaban J connectivity index is 1.45. The van der Waals surface area contributed by atoms with Gasteiger partial charge in [-0.15, -0.1) is 0 Å². The van der Waals surface area contributed by atoms with Crippen molar-refractivity contribution in [2.75, 3.05) is 6.61 Å². The molecule has 9 atom stereocenters. The van der Waals surface area contributed by atoms with E-state index < -0.39 is 17.1 Å². The number of aliphatic hydroxyl groups is 2. The third kappa shape index (κ3) is 4.19. The summed E-state index contributed by atoms with van der Waals surface area (Å²) in [5, 5.41) is 21.8. The summed E-state index contributed by atoms with van der Waals surface area (Å²) in [6.07, 6.45) is 10.6. The molecule has 0 saturated heterocycles. The van der Waals surface area contributed by atoms with Crippen LogP contribution >= 0.6 is 0 Å². The van der Waals surface area contributed by atoms with Gasteiger partial charge in [0.25, 0.3) is 0 Å². The second kappa shape index (κ2) is 9.35. The Kier molecular flexibility index (Phi) is 7.12. The summed E-state index contributed by atoms with van der Waals surface area (Å²) in [5.74, 6) is 2.33. The molecule has 0 unspecified atom stereocenters. The smallest absolute Gasteiger partial charge is 0.302 e. The van der Waals surface area contributed by atoms with Crippen molar-refractivity contribution < 1.29 is 24.5 Å². The molecule has 0 amide bonds. The SMILES string of the molecule is CC(=O)OC/C(C)=C\CC[C@@H](C)[C@H]1CC[C@H]2[C@@H]3CC(=O)[C@@]4(O)C[C@@H](O)CC[C@]4(C)[C@H]3CC[C@]12C. The quantitative estimate of drug-likeness (QED) is 0.407. The highest BCUT2D eigenvalue weighted by atomic mass is 16.5. The molecule has 2 N–H and O–H groups in total. The Morgan fingerprint density at radius 1 is 1.15 bits per heavy atom. The van der Waals surface area contributed by atoms with Crippen molar-refractivity contribution in [3.05, 3.63) is 11.6 Å². The predicted octanol–water partition coefficient (Wildman–Crippen LogP) is 5.23. The number of carbonyl (C=O) groups is 2. The van der Waals surface area contributed by atoms with Crippen molar-refractivity contribution in [2.24, 2.45) is 40.4 Å². The fourth-order valence-corrected chi connectivity index (χ4v) is 9.06. The molecule has 4 aliphatic carbocycles. The summed E-state index contributed by atoms with van der Waals surface area (Å²) in [4.78, 5) is 24.4. The molecule has 0 radical (unpaired) electrons. The van der Waals surface area contributed by atoms with E-state index in [1.807, 2.05) is 6.92 Å². The molecule has 5 nitrogen and oxygen atoms in total. The van der Waals surface area contributed by atoms with E-state index in [1.54, 1.807) is 0 Å². The van der Waals surface area contributed by atoms with Gasteiger partial charge in [0.15, 0.2) is 5.78 Å². The fourth-order valence-electron chi connectivity index (χ4n) is 9.06. The maximum absolute atomic E-state index is 13.4. The predicted molar refractivity (Wildman–Crippen MR) is 132 cm³/mol. The first kappa shape index (κ1) is 25.9. The number of hydrogen-bond acceptors (Lipinski definition) is 5. The third-order valence-electron chi connectivity index (χ3n) is 11.0. The monoisotopic (exact) mass is 474 g/mol. The summed E-state index contributed by atoms with van der Waals surface area (Å²) in [6, 6.07) is 0. The van der Waals surface area contributed by atoms with E-state index in [0.717, 1.165) is 31.3 Å². The van der Waals surface area contributed by atoms with Crippen LogP contribution in [0.3, 0.4) is 0 Å². The van der Waals surface area contributed by atoms with Gasteiger partial charge >= 0.3 is 5.97 Å². The summed E-state index contributed by atoms with van der Waals surface area (Å²) >= 11 is 0. The van der Waals surface area contributed by atoms with Gasteiger partial charge in [-0.2, -0.15) is 0 Å². The largest absolute Gasteiger partial charge is 0.461 e. The summed E-state index contributed by atoms with van der Waals surface area (Å²) in [6.45, 7) is 10.9. The molecule has 0 spiro atoms. The molecular weight excluding hydrogens is 428 g/mol. The molecule has 0 aromatic rings. The number of esters is 1. The van der Waals surface area contributed by atoms with Crippen molar-refractivity contribution in [3.8, 4) is 0 Å². The van der Waals surface area contributed by atoms with Crippen molar-refractivity contribution in [3.63, 3.8) is 0 Å². The van der Waals surface area contributed by atoms with Gasteiger partial charge in [-0.1, -0.05) is 26.8 Å². The fraction of sp³-hybridized carbons (Fsp3) is 0.862. The number of hydrogen-bond donors (Lipinski definition) is 2. The van der Waals surface area contributed by atoms with E-state index in [4.69, 9.17) is 4.74 Å². The molecule has 0 aromatic heterocycles. The van der Waals surface area contributed by atoms with Gasteiger partial charge in [0.1, 0.15) is 12.2 Å². The van der Waals surface area contributed by atoms with Crippen LogP contribution in [0.15, 0.2) is 11.6 Å². The topological polar surface area (TPSA) is 83.8 Å². The van der Waals surface area contributed by atoms with E-state index in [-0.39, 0.29) is 23.6 Å². The highest BCUT2D eigenvalue weighted by molar-refractivity contribution is 5.89. The second-order valence-electron chi connectivity index (χ2n) is 12.8. The van der Waals surface area contributed by atoms with E-state index in [9.17, 15) is 19.8 Å². The van der Waals surface area contributed by atoms with Gasteiger partial charge in [0.05, 0.1) is 6.10 Å². The summed E-state index contributed by atoms with van der Waals surface area (Å²) < 4.78 is 5.10. The molecule has 4 saturated carbocycles. The van der Waals surface area contributed by atoms with E-state index in [2.05, 4.69) is 26.8 Å². The molecule has 0 aromatic carbocycles. The van der Waals surface area contributed by atoms with Gasteiger partial charge in [-0.3, -0.25) is 9.59 Å². The van der Waals surface area contributed by atoms with Gasteiger partial charge in [0, 0.05) is 25.2 Å². The average molecular weight is 475 g/mol. The van der Waals surface area contributed by atoms with Gasteiger partial charge in [-0.25, -0.2) is 0 Å². The van der Waals surface area contributed by atoms with Crippen LogP contribution in [0.2, 0.25) is 0 Å². The molecule has 0 bridgehead atoms. The first-order chi connectivity index (χ1) is 15.9. The lowest BCUT2D eigenvalue weighted by Gasteiger charge is -2.63. The lowest BCUT2D eigenvalue weighted by Crippen LogP contribution is -2.67. The molecule has 4 fully saturated rings. The Morgan fingerprint density at radius 2 is 1.88 bits per heavy atom. The number of ether oxygens (including phenoxy) is 1. The second-order valence-corrected chi connectivity index (χ2v) is 12.8. The van der Waals surface area contributed by atoms with Crippen LogP contribution in [0.1, 0.15) is 98.8 Å². The van der Waals surface area contributed by atoms with Crippen LogP contribution in [-0.2, 0) is 14.3 Å². The Labute approximate surface area is 205 Å². The zero-order valence-corrected chi connectivity index (χ0v) is 21.9. The van der Waals surface area contributed by atoms with Crippen molar-refractivity contribution in [2.45, 2.75) is 111 Å². The van der Waals surface area contributed by atoms with Crippen LogP contribution < -0.4 is 0 Å². The van der Waals surface area contributed by atoms with E-state index in [0.29, 0.717) is 49.0 Å². The molecular formula is C29H46O5. The summed E-state index contributed by atoms with van der Waals surface area (Å²) in [5.41, 5.74) is -0.377. The van der Waals surface area contributed by atoms with Crippen LogP contribution in [-0.4, -0.2) is 40.3 Å². The maximum atomic E-state index is 13.4. The Morgan fingerprint density at radius 3 is 2.59 bits per heavy atom. The average Bonchev–Trinajstić information content (AvgIpc) is 3.12. The molecule has 34 heavy (non-hydrogen) atoms. The van der Waals surface area contributed by atoms with Gasteiger partial charge in [-0.05, 0) is 98.9 Å². The number of aliphatic hydroxyl groups excluding tert-OH is 1. The van der Waals surface area contributed by atoms with Crippen molar-refractivity contribution >= 4 is 11.8 Å².